The van der Waals surface area contributed by atoms with Crippen molar-refractivity contribution < 1.29 is 38.3 Å². The second kappa shape index (κ2) is 15.0. The summed E-state index contributed by atoms with van der Waals surface area (Å²) in [6, 6.07) is 14.0. The standard InChI is InChI=1S/2C20H19N5O4/c2*1-11-10-28-17-5-4-13(6-7-20(3,27)19-22-12(2)29-24-19)8-16(17)25-15(11)9-14(23-25)18(21)26/h2*4-5,8-9,11,27H,10H2,1-3H3,(H2,21,26)/t11-,20+;11-,20-/m01/s1. The Kier molecular flexibility index (Phi) is 10.1. The predicted molar refractivity (Wildman–Crippen MR) is 203 cm³/mol. The lowest BCUT2D eigenvalue weighted by Gasteiger charge is -2.11. The minimum absolute atomic E-state index is 0.0137. The third kappa shape index (κ3) is 7.87. The van der Waals surface area contributed by atoms with Crippen LogP contribution in [0.1, 0.15) is 106 Å². The van der Waals surface area contributed by atoms with E-state index in [1.165, 1.54) is 13.8 Å². The molecular weight excluding hydrogens is 749 g/mol. The maximum Gasteiger partial charge on any atom is 0.269 e. The van der Waals surface area contributed by atoms with Crippen molar-refractivity contribution in [3.05, 3.63) is 106 Å². The smallest absolute Gasteiger partial charge is 0.269 e. The van der Waals surface area contributed by atoms with E-state index < -0.39 is 23.0 Å². The first-order valence-electron chi connectivity index (χ1n) is 18.0. The first kappa shape index (κ1) is 39.0. The molecule has 18 heteroatoms. The molecule has 18 nitrogen and oxygen atoms in total. The zero-order valence-electron chi connectivity index (χ0n) is 32.3. The summed E-state index contributed by atoms with van der Waals surface area (Å²) >= 11 is 0. The van der Waals surface area contributed by atoms with Crippen LogP contribution in [0.25, 0.3) is 11.4 Å². The molecule has 6 aromatic rings. The van der Waals surface area contributed by atoms with E-state index >= 15 is 0 Å². The maximum absolute atomic E-state index is 11.6. The summed E-state index contributed by atoms with van der Waals surface area (Å²) < 4.78 is 24.9. The molecule has 0 aliphatic carbocycles. The Hall–Kier alpha value is -7.28. The Bertz CT molecular complexity index is 2510. The number of ether oxygens (including phenoxy) is 2. The van der Waals surface area contributed by atoms with Crippen molar-refractivity contribution in [3.8, 4) is 46.6 Å². The highest BCUT2D eigenvalue weighted by molar-refractivity contribution is 5.91. The van der Waals surface area contributed by atoms with Gasteiger partial charge in [-0.1, -0.05) is 47.8 Å². The van der Waals surface area contributed by atoms with Gasteiger partial charge in [0, 0.05) is 36.8 Å². The SMILES string of the molecule is Cc1nc([C@](C)(O)C#Cc2ccc3c(c2)-n2nc(C(N)=O)cc2[C@@H](C)CO3)no1.Cc1nc([C@](C)(O)C#Cc2ccc3c(c2)-n2nc(C(N)=O)cc2[C@H](C)CO3)no1. The molecule has 2 aromatic carbocycles. The van der Waals surface area contributed by atoms with Gasteiger partial charge in [-0.25, -0.2) is 9.36 Å². The Morgan fingerprint density at radius 2 is 1.10 bits per heavy atom. The number of aromatic nitrogens is 8. The van der Waals surface area contributed by atoms with Crippen LogP contribution in [0.4, 0.5) is 0 Å². The minimum atomic E-state index is -1.58. The van der Waals surface area contributed by atoms with Gasteiger partial charge in [-0.3, -0.25) is 9.59 Å². The molecule has 0 bridgehead atoms. The predicted octanol–water partition coefficient (Wildman–Crippen LogP) is 2.84. The summed E-state index contributed by atoms with van der Waals surface area (Å²) in [6.07, 6.45) is 0. The van der Waals surface area contributed by atoms with E-state index in [1.54, 1.807) is 71.7 Å². The van der Waals surface area contributed by atoms with Gasteiger partial charge >= 0.3 is 0 Å². The first-order chi connectivity index (χ1) is 27.5. The number of rotatable bonds is 4. The Morgan fingerprint density at radius 3 is 1.45 bits per heavy atom. The Morgan fingerprint density at radius 1 is 0.707 bits per heavy atom. The van der Waals surface area contributed by atoms with Crippen molar-refractivity contribution in [2.24, 2.45) is 11.5 Å². The summed E-state index contributed by atoms with van der Waals surface area (Å²) in [6.45, 7) is 11.1. The fourth-order valence-corrected chi connectivity index (χ4v) is 5.98. The zero-order valence-corrected chi connectivity index (χ0v) is 32.3. The number of primary amides is 2. The molecule has 0 fully saturated rings. The molecule has 6 N–H and O–H groups in total. The molecule has 4 atom stereocenters. The van der Waals surface area contributed by atoms with Gasteiger partial charge in [0.2, 0.25) is 23.4 Å². The molecule has 2 amide bonds. The lowest BCUT2D eigenvalue weighted by Crippen LogP contribution is -2.20. The normalized spacial score (nSPS) is 17.0. The van der Waals surface area contributed by atoms with Crippen molar-refractivity contribution in [2.45, 2.75) is 64.6 Å². The lowest BCUT2D eigenvalue weighted by molar-refractivity contribution is 0.0987. The van der Waals surface area contributed by atoms with Gasteiger partial charge in [-0.2, -0.15) is 20.2 Å². The maximum atomic E-state index is 11.6. The van der Waals surface area contributed by atoms with Crippen LogP contribution in [-0.4, -0.2) is 75.1 Å². The topological polar surface area (TPSA) is 259 Å². The van der Waals surface area contributed by atoms with Crippen LogP contribution in [0.15, 0.2) is 57.6 Å². The molecule has 0 saturated heterocycles. The number of aliphatic hydroxyl groups is 2. The molecule has 4 aromatic heterocycles. The van der Waals surface area contributed by atoms with Crippen LogP contribution in [0.3, 0.4) is 0 Å². The highest BCUT2D eigenvalue weighted by Crippen LogP contribution is 2.34. The van der Waals surface area contributed by atoms with Gasteiger partial charge in [-0.15, -0.1) is 0 Å². The average Bonchev–Trinajstić information content (AvgIpc) is 4.00. The molecule has 296 valence electrons. The van der Waals surface area contributed by atoms with Crippen LogP contribution in [0.5, 0.6) is 11.5 Å². The number of amides is 2. The number of hydrogen-bond acceptors (Lipinski definition) is 14. The van der Waals surface area contributed by atoms with E-state index in [2.05, 4.69) is 54.2 Å². The second-order valence-electron chi connectivity index (χ2n) is 14.2. The Labute approximate surface area is 331 Å². The van der Waals surface area contributed by atoms with E-state index in [1.807, 2.05) is 13.8 Å². The van der Waals surface area contributed by atoms with Gasteiger partial charge in [0.05, 0.1) is 24.6 Å². The first-order valence-corrected chi connectivity index (χ1v) is 18.0. The molecule has 0 unspecified atom stereocenters. The third-order valence-electron chi connectivity index (χ3n) is 9.17. The van der Waals surface area contributed by atoms with Crippen molar-refractivity contribution in [2.75, 3.05) is 13.2 Å². The second-order valence-corrected chi connectivity index (χ2v) is 14.2. The number of nitrogens with zero attached hydrogens (tertiary/aromatic N) is 8. The average molecular weight is 787 g/mol. The molecule has 0 radical (unpaired) electrons. The summed E-state index contributed by atoms with van der Waals surface area (Å²) in [4.78, 5) is 31.2. The fourth-order valence-electron chi connectivity index (χ4n) is 5.98. The van der Waals surface area contributed by atoms with E-state index in [0.717, 1.165) is 11.4 Å². The fraction of sp³-hybridized carbons (Fsp3) is 0.300. The third-order valence-corrected chi connectivity index (χ3v) is 9.17. The molecular formula is C40H38N10O8. The molecule has 2 aliphatic heterocycles. The summed E-state index contributed by atoms with van der Waals surface area (Å²) in [5, 5.41) is 37.2. The number of aryl methyl sites for hydroxylation is 2. The number of nitrogens with two attached hydrogens (primary N) is 2. The summed E-state index contributed by atoms with van der Waals surface area (Å²) in [5.74, 6) is 12.3. The van der Waals surface area contributed by atoms with Crippen LogP contribution in [-0.2, 0) is 11.2 Å². The molecule has 58 heavy (non-hydrogen) atoms. The zero-order chi connectivity index (χ0) is 41.5. The van der Waals surface area contributed by atoms with E-state index in [0.29, 0.717) is 59.0 Å². The molecule has 0 saturated carbocycles. The van der Waals surface area contributed by atoms with Crippen LogP contribution >= 0.6 is 0 Å². The number of hydrogen-bond donors (Lipinski definition) is 4. The van der Waals surface area contributed by atoms with E-state index in [4.69, 9.17) is 30.0 Å². The number of carbonyl (C=O) groups excluding carboxylic acids is 2. The van der Waals surface area contributed by atoms with Gasteiger partial charge < -0.3 is 40.2 Å². The summed E-state index contributed by atoms with van der Waals surface area (Å²) in [7, 11) is 0. The van der Waals surface area contributed by atoms with Crippen molar-refractivity contribution >= 4 is 11.8 Å². The largest absolute Gasteiger partial charge is 0.491 e. The van der Waals surface area contributed by atoms with Gasteiger partial charge in [-0.05, 0) is 62.4 Å². The van der Waals surface area contributed by atoms with Gasteiger partial charge in [0.1, 0.15) is 22.9 Å². The molecule has 0 spiro atoms. The molecule has 8 rings (SSSR count). The molecule has 6 heterocycles. The number of carbonyl (C=O) groups is 2. The highest BCUT2D eigenvalue weighted by atomic mass is 16.5. The minimum Gasteiger partial charge on any atom is -0.491 e. The number of benzene rings is 2. The highest BCUT2D eigenvalue weighted by Gasteiger charge is 2.29. The molecule has 2 aliphatic rings. The van der Waals surface area contributed by atoms with Gasteiger partial charge in [0.25, 0.3) is 11.8 Å². The number of fused-ring (bicyclic) bond motifs is 6. The van der Waals surface area contributed by atoms with Crippen LogP contribution in [0, 0.1) is 37.5 Å². The monoisotopic (exact) mass is 786 g/mol. The van der Waals surface area contributed by atoms with Crippen molar-refractivity contribution in [3.63, 3.8) is 0 Å². The lowest BCUT2D eigenvalue weighted by atomic mass is 10.1. The van der Waals surface area contributed by atoms with E-state index in [9.17, 15) is 19.8 Å². The van der Waals surface area contributed by atoms with Crippen LogP contribution < -0.4 is 20.9 Å². The van der Waals surface area contributed by atoms with Crippen molar-refractivity contribution in [1.82, 2.24) is 39.8 Å². The quantitative estimate of drug-likeness (QED) is 0.188. The summed E-state index contributed by atoms with van der Waals surface area (Å²) in [5.41, 5.74) is 12.2. The van der Waals surface area contributed by atoms with E-state index in [-0.39, 0.29) is 34.9 Å². The van der Waals surface area contributed by atoms with Gasteiger partial charge in [0.15, 0.2) is 22.6 Å². The van der Waals surface area contributed by atoms with Crippen molar-refractivity contribution in [1.29, 1.82) is 0 Å². The Balaban J connectivity index is 0.000000177. The van der Waals surface area contributed by atoms with Crippen LogP contribution in [0.2, 0.25) is 0 Å².